The van der Waals surface area contributed by atoms with Crippen LogP contribution in [0, 0.1) is 12.8 Å². The van der Waals surface area contributed by atoms with Crippen LogP contribution < -0.4 is 5.32 Å². The minimum Gasteiger partial charge on any atom is -0.459 e. The lowest BCUT2D eigenvalue weighted by Gasteiger charge is -2.40. The van der Waals surface area contributed by atoms with Gasteiger partial charge in [0.2, 0.25) is 11.8 Å². The number of carbonyl (C=O) groups excluding carboxylic acids is 3. The van der Waals surface area contributed by atoms with Crippen LogP contribution in [0.5, 0.6) is 0 Å². The molecule has 2 unspecified atom stereocenters. The average Bonchev–Trinajstić information content (AvgIpc) is 3.43. The first-order valence-corrected chi connectivity index (χ1v) is 11.9. The van der Waals surface area contributed by atoms with Crippen LogP contribution in [0.2, 0.25) is 0 Å². The number of aryl methyl sites for hydroxylation is 1. The van der Waals surface area contributed by atoms with Gasteiger partial charge in [-0.2, -0.15) is 0 Å². The van der Waals surface area contributed by atoms with Crippen molar-refractivity contribution in [3.05, 3.63) is 83.4 Å². The maximum absolute atomic E-state index is 13.8. The van der Waals surface area contributed by atoms with Crippen LogP contribution in [-0.4, -0.2) is 51.6 Å². The number of nitrogens with one attached hydrogen (secondary N) is 1. The first-order chi connectivity index (χ1) is 17.0. The van der Waals surface area contributed by atoms with Crippen molar-refractivity contribution in [3.63, 3.8) is 0 Å². The number of fused-ring (bicyclic) bond motifs is 1. The molecule has 1 fully saturated rings. The Morgan fingerprint density at radius 2 is 1.89 bits per heavy atom. The smallest absolute Gasteiger partial charge is 0.290 e. The van der Waals surface area contributed by atoms with Gasteiger partial charge in [0.05, 0.1) is 12.2 Å². The normalized spacial score (nSPS) is 19.7. The predicted molar refractivity (Wildman–Crippen MR) is 129 cm³/mol. The summed E-state index contributed by atoms with van der Waals surface area (Å²) in [6.45, 7) is 3.11. The first-order valence-electron chi connectivity index (χ1n) is 11.9. The van der Waals surface area contributed by atoms with Crippen LogP contribution in [-0.2, 0) is 22.6 Å². The summed E-state index contributed by atoms with van der Waals surface area (Å²) in [6, 6.07) is 14.2. The number of pyridine rings is 1. The zero-order valence-electron chi connectivity index (χ0n) is 19.6. The Morgan fingerprint density at radius 3 is 2.66 bits per heavy atom. The van der Waals surface area contributed by atoms with E-state index in [2.05, 4.69) is 10.3 Å². The van der Waals surface area contributed by atoms with E-state index in [1.54, 1.807) is 28.1 Å². The standard InChI is InChI=1S/C27H28N4O4/c1-18-7-4-12-28-24(18)29-25(32)21-10-5-13-30(16-21)26(33)22-15-19-8-2-3-9-20(19)17-31(22)27(34)23-11-6-14-35-23/h2-4,6-9,11-12,14,21-22H,5,10,13,15-17H2,1H3,(H,28,29,32). The number of rotatable bonds is 4. The maximum atomic E-state index is 13.8. The number of piperidine rings is 1. The van der Waals surface area contributed by atoms with Crippen LogP contribution >= 0.6 is 0 Å². The van der Waals surface area contributed by atoms with E-state index in [1.165, 1.54) is 6.26 Å². The fourth-order valence-corrected chi connectivity index (χ4v) is 4.94. The van der Waals surface area contributed by atoms with Crippen molar-refractivity contribution >= 4 is 23.5 Å². The van der Waals surface area contributed by atoms with Crippen LogP contribution in [0.1, 0.15) is 40.1 Å². The third-order valence-electron chi connectivity index (χ3n) is 6.88. The molecule has 0 aliphatic carbocycles. The van der Waals surface area contributed by atoms with Gasteiger partial charge < -0.3 is 19.5 Å². The molecule has 4 heterocycles. The zero-order valence-corrected chi connectivity index (χ0v) is 19.6. The monoisotopic (exact) mass is 472 g/mol. The molecule has 8 heteroatoms. The zero-order chi connectivity index (χ0) is 24.4. The van der Waals surface area contributed by atoms with Crippen molar-refractivity contribution in [1.29, 1.82) is 0 Å². The maximum Gasteiger partial charge on any atom is 0.290 e. The van der Waals surface area contributed by atoms with Gasteiger partial charge in [-0.1, -0.05) is 30.3 Å². The molecular weight excluding hydrogens is 444 g/mol. The quantitative estimate of drug-likeness (QED) is 0.628. The van der Waals surface area contributed by atoms with Crippen molar-refractivity contribution in [3.8, 4) is 0 Å². The van der Waals surface area contributed by atoms with Gasteiger partial charge in [-0.15, -0.1) is 0 Å². The van der Waals surface area contributed by atoms with Crippen molar-refractivity contribution in [1.82, 2.24) is 14.8 Å². The van der Waals surface area contributed by atoms with Gasteiger partial charge in [-0.25, -0.2) is 4.98 Å². The minimum absolute atomic E-state index is 0.133. The van der Waals surface area contributed by atoms with Crippen LogP contribution in [0.15, 0.2) is 65.4 Å². The van der Waals surface area contributed by atoms with Gasteiger partial charge in [0, 0.05) is 32.3 Å². The van der Waals surface area contributed by atoms with E-state index in [-0.39, 0.29) is 29.4 Å². The Morgan fingerprint density at radius 1 is 1.06 bits per heavy atom. The largest absolute Gasteiger partial charge is 0.459 e. The molecule has 0 saturated carbocycles. The molecule has 0 radical (unpaired) electrons. The fourth-order valence-electron chi connectivity index (χ4n) is 4.94. The van der Waals surface area contributed by atoms with Gasteiger partial charge in [0.25, 0.3) is 5.91 Å². The average molecular weight is 473 g/mol. The summed E-state index contributed by atoms with van der Waals surface area (Å²) < 4.78 is 5.35. The predicted octanol–water partition coefficient (Wildman–Crippen LogP) is 3.43. The van der Waals surface area contributed by atoms with E-state index < -0.39 is 6.04 Å². The molecule has 3 amide bonds. The van der Waals surface area contributed by atoms with Crippen LogP contribution in [0.4, 0.5) is 5.82 Å². The van der Waals surface area contributed by atoms with Crippen LogP contribution in [0.3, 0.4) is 0 Å². The van der Waals surface area contributed by atoms with E-state index in [9.17, 15) is 14.4 Å². The molecule has 35 heavy (non-hydrogen) atoms. The Kier molecular flexibility index (Phi) is 6.35. The van der Waals surface area contributed by atoms with Crippen molar-refractivity contribution in [2.24, 2.45) is 5.92 Å². The van der Waals surface area contributed by atoms with Crippen LogP contribution in [0.25, 0.3) is 0 Å². The number of nitrogens with zero attached hydrogens (tertiary/aromatic N) is 3. The summed E-state index contributed by atoms with van der Waals surface area (Å²) in [5, 5.41) is 2.91. The second-order valence-electron chi connectivity index (χ2n) is 9.18. The fraction of sp³-hybridized carbons (Fsp3) is 0.333. The highest BCUT2D eigenvalue weighted by Gasteiger charge is 2.40. The SMILES string of the molecule is Cc1cccnc1NC(=O)C1CCCN(C(=O)C2Cc3ccccc3CN2C(=O)c2ccco2)C1. The van der Waals surface area contributed by atoms with Gasteiger partial charge in [0.15, 0.2) is 5.76 Å². The Hall–Kier alpha value is -3.94. The van der Waals surface area contributed by atoms with Crippen molar-refractivity contribution in [2.75, 3.05) is 18.4 Å². The molecule has 8 nitrogen and oxygen atoms in total. The van der Waals surface area contributed by atoms with Gasteiger partial charge in [-0.3, -0.25) is 14.4 Å². The molecule has 1 saturated heterocycles. The lowest BCUT2D eigenvalue weighted by Crippen LogP contribution is -2.56. The highest BCUT2D eigenvalue weighted by molar-refractivity contribution is 5.96. The number of aromatic nitrogens is 1. The van der Waals surface area contributed by atoms with Gasteiger partial charge >= 0.3 is 0 Å². The summed E-state index contributed by atoms with van der Waals surface area (Å²) in [4.78, 5) is 47.6. The number of likely N-dealkylation sites (tertiary alicyclic amines) is 1. The number of hydrogen-bond acceptors (Lipinski definition) is 5. The Balaban J connectivity index is 1.34. The highest BCUT2D eigenvalue weighted by Crippen LogP contribution is 2.28. The van der Waals surface area contributed by atoms with E-state index in [1.807, 2.05) is 43.3 Å². The number of hydrogen-bond donors (Lipinski definition) is 1. The molecular formula is C27H28N4O4. The second kappa shape index (κ2) is 9.74. The molecule has 1 N–H and O–H groups in total. The third kappa shape index (κ3) is 4.69. The lowest BCUT2D eigenvalue weighted by atomic mass is 9.91. The summed E-state index contributed by atoms with van der Waals surface area (Å²) >= 11 is 0. The lowest BCUT2D eigenvalue weighted by molar-refractivity contribution is -0.139. The Bertz CT molecular complexity index is 1240. The van der Waals surface area contributed by atoms with E-state index >= 15 is 0 Å². The second-order valence-corrected chi connectivity index (χ2v) is 9.18. The number of furan rings is 1. The molecule has 3 aromatic rings. The number of carbonyl (C=O) groups is 3. The minimum atomic E-state index is -0.651. The summed E-state index contributed by atoms with van der Waals surface area (Å²) in [5.74, 6) is -0.157. The molecule has 2 aliphatic heterocycles. The molecule has 2 aliphatic rings. The van der Waals surface area contributed by atoms with Crippen molar-refractivity contribution in [2.45, 2.75) is 38.8 Å². The number of anilines is 1. The molecule has 180 valence electrons. The van der Waals surface area contributed by atoms with Gasteiger partial charge in [-0.05, 0) is 54.7 Å². The van der Waals surface area contributed by atoms with E-state index in [0.717, 1.165) is 23.1 Å². The molecule has 0 spiro atoms. The van der Waals surface area contributed by atoms with E-state index in [0.29, 0.717) is 38.3 Å². The third-order valence-corrected chi connectivity index (χ3v) is 6.88. The molecule has 5 rings (SSSR count). The summed E-state index contributed by atoms with van der Waals surface area (Å²) in [7, 11) is 0. The Labute approximate surface area is 203 Å². The molecule has 1 aromatic carbocycles. The van der Waals surface area contributed by atoms with Crippen molar-refractivity contribution < 1.29 is 18.8 Å². The first kappa shape index (κ1) is 22.8. The summed E-state index contributed by atoms with van der Waals surface area (Å²) in [5.41, 5.74) is 2.97. The highest BCUT2D eigenvalue weighted by atomic mass is 16.3. The summed E-state index contributed by atoms with van der Waals surface area (Å²) in [6.07, 6.45) is 4.95. The molecule has 0 bridgehead atoms. The molecule has 2 aromatic heterocycles. The topological polar surface area (TPSA) is 95.8 Å². The van der Waals surface area contributed by atoms with Gasteiger partial charge in [0.1, 0.15) is 11.9 Å². The van der Waals surface area contributed by atoms with E-state index in [4.69, 9.17) is 4.42 Å². The number of benzene rings is 1. The number of amides is 3. The molecule has 2 atom stereocenters.